The van der Waals surface area contributed by atoms with Crippen molar-refractivity contribution in [3.8, 4) is 0 Å². The van der Waals surface area contributed by atoms with Crippen molar-refractivity contribution in [1.82, 2.24) is 0 Å². The molecule has 0 aliphatic heterocycles. The standard InChI is InChI=1S/C8H17F3O3SSi/c1-7(2,3)16(4,5)14-15(12,13)8(10,11)6-9/h6H2,1-5H3. The first-order valence-corrected chi connectivity index (χ1v) is 8.97. The Labute approximate surface area is 95.2 Å². The molecular weight excluding hydrogens is 261 g/mol. The van der Waals surface area contributed by atoms with Gasteiger partial charge in [0.15, 0.2) is 6.67 Å². The zero-order chi connectivity index (χ0) is 13.4. The lowest BCUT2D eigenvalue weighted by Crippen LogP contribution is -2.47. The summed E-state index contributed by atoms with van der Waals surface area (Å²) in [6, 6.07) is 0. The second-order valence-electron chi connectivity index (χ2n) is 5.07. The number of hydrogen-bond donors (Lipinski definition) is 0. The lowest BCUT2D eigenvalue weighted by molar-refractivity contribution is 0.0532. The lowest BCUT2D eigenvalue weighted by atomic mass is 10.2. The van der Waals surface area contributed by atoms with E-state index in [-0.39, 0.29) is 0 Å². The van der Waals surface area contributed by atoms with E-state index < -0.39 is 35.4 Å². The summed E-state index contributed by atoms with van der Waals surface area (Å²) >= 11 is 0. The van der Waals surface area contributed by atoms with Crippen molar-refractivity contribution in [1.29, 1.82) is 0 Å². The second kappa shape index (κ2) is 4.30. The fourth-order valence-electron chi connectivity index (χ4n) is 0.527. The molecule has 0 rings (SSSR count). The van der Waals surface area contributed by atoms with Crippen molar-refractivity contribution in [3.05, 3.63) is 0 Å². The van der Waals surface area contributed by atoms with Gasteiger partial charge in [-0.1, -0.05) is 20.8 Å². The number of rotatable bonds is 4. The van der Waals surface area contributed by atoms with Crippen LogP contribution in [0.25, 0.3) is 0 Å². The molecule has 0 aromatic carbocycles. The van der Waals surface area contributed by atoms with E-state index in [0.717, 1.165) is 0 Å². The topological polar surface area (TPSA) is 43.4 Å². The quantitative estimate of drug-likeness (QED) is 0.743. The van der Waals surface area contributed by atoms with Gasteiger partial charge in [-0.2, -0.15) is 17.2 Å². The third kappa shape index (κ3) is 3.20. The monoisotopic (exact) mass is 278 g/mol. The highest BCUT2D eigenvalue weighted by atomic mass is 32.2. The Balaban J connectivity index is 5.16. The fraction of sp³-hybridized carbons (Fsp3) is 1.00. The molecule has 0 aromatic heterocycles. The van der Waals surface area contributed by atoms with Crippen molar-refractivity contribution in [2.24, 2.45) is 0 Å². The second-order valence-corrected chi connectivity index (χ2v) is 11.8. The highest BCUT2D eigenvalue weighted by Gasteiger charge is 2.52. The van der Waals surface area contributed by atoms with E-state index in [2.05, 4.69) is 3.87 Å². The van der Waals surface area contributed by atoms with Crippen LogP contribution < -0.4 is 0 Å². The minimum atomic E-state index is -5.20. The van der Waals surface area contributed by atoms with Crippen LogP contribution in [0.4, 0.5) is 13.2 Å². The van der Waals surface area contributed by atoms with Gasteiger partial charge in [-0.25, -0.2) is 4.39 Å². The van der Waals surface area contributed by atoms with Crippen LogP contribution in [0.1, 0.15) is 20.8 Å². The summed E-state index contributed by atoms with van der Waals surface area (Å²) in [6.07, 6.45) is 0. The molecular formula is C8H17F3O3SSi. The Bertz CT molecular complexity index is 346. The van der Waals surface area contributed by atoms with E-state index in [1.54, 1.807) is 20.8 Å². The van der Waals surface area contributed by atoms with Crippen molar-refractivity contribution >= 4 is 18.4 Å². The van der Waals surface area contributed by atoms with Gasteiger partial charge in [0.2, 0.25) is 8.32 Å². The average molecular weight is 278 g/mol. The van der Waals surface area contributed by atoms with Crippen LogP contribution in [0.3, 0.4) is 0 Å². The highest BCUT2D eigenvalue weighted by molar-refractivity contribution is 7.88. The van der Waals surface area contributed by atoms with Crippen LogP contribution in [0, 0.1) is 0 Å². The molecule has 0 fully saturated rings. The molecule has 0 aliphatic carbocycles. The Morgan fingerprint density at radius 1 is 1.19 bits per heavy atom. The zero-order valence-electron chi connectivity index (χ0n) is 9.97. The molecule has 0 saturated heterocycles. The van der Waals surface area contributed by atoms with Crippen molar-refractivity contribution in [2.45, 2.75) is 44.2 Å². The summed E-state index contributed by atoms with van der Waals surface area (Å²) in [7, 11) is -8.10. The normalized spacial score (nSPS) is 15.2. The van der Waals surface area contributed by atoms with E-state index in [4.69, 9.17) is 0 Å². The van der Waals surface area contributed by atoms with Crippen molar-refractivity contribution in [3.63, 3.8) is 0 Å². The maximum atomic E-state index is 12.8. The largest absolute Gasteiger partial charge is 0.396 e. The molecule has 0 aliphatic rings. The molecule has 0 spiro atoms. The Morgan fingerprint density at radius 3 is 1.81 bits per heavy atom. The summed E-state index contributed by atoms with van der Waals surface area (Å²) in [6.45, 7) is 5.81. The van der Waals surface area contributed by atoms with Crippen LogP contribution >= 0.6 is 0 Å². The first-order valence-electron chi connectivity index (χ1n) is 4.66. The van der Waals surface area contributed by atoms with E-state index in [1.807, 2.05) is 0 Å². The number of hydrogen-bond acceptors (Lipinski definition) is 3. The highest BCUT2D eigenvalue weighted by Crippen LogP contribution is 2.39. The fourth-order valence-corrected chi connectivity index (χ4v) is 4.34. The van der Waals surface area contributed by atoms with Gasteiger partial charge in [-0.05, 0) is 18.1 Å². The first-order chi connectivity index (χ1) is 6.77. The van der Waals surface area contributed by atoms with Crippen molar-refractivity contribution < 1.29 is 25.5 Å². The molecule has 0 saturated carbocycles. The van der Waals surface area contributed by atoms with E-state index in [1.165, 1.54) is 13.1 Å². The van der Waals surface area contributed by atoms with Gasteiger partial charge in [-0.3, -0.25) is 0 Å². The predicted molar refractivity (Wildman–Crippen MR) is 58.1 cm³/mol. The summed E-state index contributed by atoms with van der Waals surface area (Å²) in [5, 5.41) is -5.02. The summed E-state index contributed by atoms with van der Waals surface area (Å²) in [4.78, 5) is 0. The van der Waals surface area contributed by atoms with Crippen LogP contribution in [0.5, 0.6) is 0 Å². The van der Waals surface area contributed by atoms with Gasteiger partial charge in [-0.15, -0.1) is 0 Å². The van der Waals surface area contributed by atoms with Crippen molar-refractivity contribution in [2.75, 3.05) is 6.67 Å². The molecule has 0 atom stereocenters. The van der Waals surface area contributed by atoms with E-state index in [0.29, 0.717) is 0 Å². The Hall–Kier alpha value is -0.0831. The molecule has 3 nitrogen and oxygen atoms in total. The van der Waals surface area contributed by atoms with Gasteiger partial charge in [0, 0.05) is 0 Å². The van der Waals surface area contributed by atoms with Gasteiger partial charge in [0.25, 0.3) is 0 Å². The number of alkyl halides is 3. The van der Waals surface area contributed by atoms with Crippen LogP contribution in [0.2, 0.25) is 18.1 Å². The number of halogens is 3. The van der Waals surface area contributed by atoms with Gasteiger partial charge < -0.3 is 3.87 Å². The molecule has 8 heteroatoms. The third-order valence-electron chi connectivity index (χ3n) is 2.65. The maximum Gasteiger partial charge on any atom is 0.396 e. The Morgan fingerprint density at radius 2 is 1.56 bits per heavy atom. The molecule has 0 bridgehead atoms. The van der Waals surface area contributed by atoms with Crippen LogP contribution in [0.15, 0.2) is 0 Å². The summed E-state index contributed by atoms with van der Waals surface area (Å²) < 4.78 is 64.4. The van der Waals surface area contributed by atoms with E-state index >= 15 is 0 Å². The van der Waals surface area contributed by atoms with Gasteiger partial charge in [0.1, 0.15) is 0 Å². The molecule has 0 heterocycles. The smallest absolute Gasteiger partial charge is 0.310 e. The zero-order valence-corrected chi connectivity index (χ0v) is 11.8. The van der Waals surface area contributed by atoms with Gasteiger partial charge in [0.05, 0.1) is 0 Å². The molecule has 16 heavy (non-hydrogen) atoms. The minimum absolute atomic E-state index is 0.549. The Kier molecular flexibility index (Phi) is 4.28. The molecule has 0 N–H and O–H groups in total. The van der Waals surface area contributed by atoms with Gasteiger partial charge >= 0.3 is 15.4 Å². The molecule has 0 unspecified atom stereocenters. The lowest BCUT2D eigenvalue weighted by Gasteiger charge is -2.35. The first kappa shape index (κ1) is 15.9. The summed E-state index contributed by atoms with van der Waals surface area (Å²) in [5.41, 5.74) is 0. The predicted octanol–water partition coefficient (Wildman–Crippen LogP) is 2.90. The molecule has 0 radical (unpaired) electrons. The summed E-state index contributed by atoms with van der Waals surface area (Å²) in [5.74, 6) is 0. The van der Waals surface area contributed by atoms with E-state index in [9.17, 15) is 21.6 Å². The third-order valence-corrected chi connectivity index (χ3v) is 9.64. The molecule has 98 valence electrons. The van der Waals surface area contributed by atoms with Crippen LogP contribution in [-0.2, 0) is 14.0 Å². The maximum absolute atomic E-state index is 12.8. The minimum Gasteiger partial charge on any atom is -0.310 e. The SMILES string of the molecule is CC(C)(C)[Si](C)(C)OS(=O)(=O)C(F)(F)CF. The molecule has 0 aromatic rings. The molecule has 0 amide bonds. The average Bonchev–Trinajstić information content (AvgIpc) is 1.99. The van der Waals surface area contributed by atoms with Crippen LogP contribution in [-0.4, -0.2) is 28.7 Å².